The Labute approximate surface area is 85.4 Å². The van der Waals surface area contributed by atoms with Gasteiger partial charge in [0.25, 0.3) is 0 Å². The lowest BCUT2D eigenvalue weighted by Crippen LogP contribution is -1.87. The fraction of sp³-hybridized carbons (Fsp3) is 0. The Bertz CT molecular complexity index is 649. The average molecular weight is 198 g/mol. The Hall–Kier alpha value is -2.03. The second-order valence-electron chi connectivity index (χ2n) is 3.35. The summed E-state index contributed by atoms with van der Waals surface area (Å²) in [6.45, 7) is 0. The molecule has 0 saturated heterocycles. The van der Waals surface area contributed by atoms with Crippen LogP contribution in [-0.4, -0.2) is 9.97 Å². The molecule has 3 heteroatoms. The van der Waals surface area contributed by atoms with Crippen molar-refractivity contribution in [3.63, 3.8) is 0 Å². The fourth-order valence-electron chi connectivity index (χ4n) is 1.59. The van der Waals surface area contributed by atoms with E-state index >= 15 is 0 Å². The Kier molecular flexibility index (Phi) is 1.65. The molecule has 1 heterocycles. The maximum Gasteiger partial charge on any atom is 0.125 e. The molecule has 15 heavy (non-hydrogen) atoms. The van der Waals surface area contributed by atoms with Gasteiger partial charge in [-0.2, -0.15) is 0 Å². The molecule has 72 valence electrons. The molecule has 0 spiro atoms. The summed E-state index contributed by atoms with van der Waals surface area (Å²) in [5.74, 6) is -0.285. The van der Waals surface area contributed by atoms with Crippen molar-refractivity contribution in [3.8, 4) is 0 Å². The Morgan fingerprint density at radius 1 is 0.733 bits per heavy atom. The van der Waals surface area contributed by atoms with Gasteiger partial charge in [0.15, 0.2) is 0 Å². The molecule has 0 radical (unpaired) electrons. The van der Waals surface area contributed by atoms with Crippen LogP contribution in [0.2, 0.25) is 0 Å². The summed E-state index contributed by atoms with van der Waals surface area (Å²) in [7, 11) is 0. The van der Waals surface area contributed by atoms with Gasteiger partial charge in [-0.15, -0.1) is 0 Å². The van der Waals surface area contributed by atoms with E-state index in [0.717, 1.165) is 16.6 Å². The Morgan fingerprint density at radius 2 is 1.33 bits per heavy atom. The van der Waals surface area contributed by atoms with Gasteiger partial charge in [-0.1, -0.05) is 12.1 Å². The van der Waals surface area contributed by atoms with Crippen molar-refractivity contribution in [1.82, 2.24) is 9.97 Å². The molecule has 0 fully saturated rings. The van der Waals surface area contributed by atoms with Crippen LogP contribution in [0.5, 0.6) is 0 Å². The standard InChI is InChI=1S/C12H7FN2/c13-8-5-6-11-12(7-8)15-10-4-2-1-3-9(10)14-11/h1-7H. The van der Waals surface area contributed by atoms with Gasteiger partial charge in [0.05, 0.1) is 22.1 Å². The minimum Gasteiger partial charge on any atom is -0.245 e. The number of hydrogen-bond acceptors (Lipinski definition) is 2. The zero-order valence-corrected chi connectivity index (χ0v) is 7.81. The molecule has 2 nitrogen and oxygen atoms in total. The predicted octanol–water partition coefficient (Wildman–Crippen LogP) is 2.92. The number of halogens is 1. The predicted molar refractivity (Wildman–Crippen MR) is 57.0 cm³/mol. The second-order valence-corrected chi connectivity index (χ2v) is 3.35. The SMILES string of the molecule is Fc1ccc2nc3ccccc3nc2c1. The summed E-state index contributed by atoms with van der Waals surface area (Å²) in [6.07, 6.45) is 0. The van der Waals surface area contributed by atoms with Crippen LogP contribution in [0.1, 0.15) is 0 Å². The van der Waals surface area contributed by atoms with Gasteiger partial charge in [-0.3, -0.25) is 0 Å². The molecule has 3 aromatic rings. The fourth-order valence-corrected chi connectivity index (χ4v) is 1.59. The van der Waals surface area contributed by atoms with Crippen molar-refractivity contribution in [2.24, 2.45) is 0 Å². The molecule has 0 saturated carbocycles. The van der Waals surface area contributed by atoms with Crippen LogP contribution in [0.15, 0.2) is 42.5 Å². The second kappa shape index (κ2) is 2.98. The van der Waals surface area contributed by atoms with Crippen molar-refractivity contribution < 1.29 is 4.39 Å². The van der Waals surface area contributed by atoms with Crippen LogP contribution in [-0.2, 0) is 0 Å². The Morgan fingerprint density at radius 3 is 2.07 bits per heavy atom. The van der Waals surface area contributed by atoms with Gasteiger partial charge in [0.1, 0.15) is 5.82 Å². The van der Waals surface area contributed by atoms with E-state index < -0.39 is 0 Å². The highest BCUT2D eigenvalue weighted by molar-refractivity contribution is 5.85. The minimum absolute atomic E-state index is 0.285. The summed E-state index contributed by atoms with van der Waals surface area (Å²) in [6, 6.07) is 12.0. The molecule has 0 bridgehead atoms. The summed E-state index contributed by atoms with van der Waals surface area (Å²) in [5, 5.41) is 0. The van der Waals surface area contributed by atoms with E-state index in [1.807, 2.05) is 24.3 Å². The van der Waals surface area contributed by atoms with Crippen LogP contribution in [0.4, 0.5) is 4.39 Å². The van der Waals surface area contributed by atoms with Crippen LogP contribution >= 0.6 is 0 Å². The first kappa shape index (κ1) is 8.29. The molecule has 0 amide bonds. The molecule has 2 aromatic carbocycles. The molecule has 0 unspecified atom stereocenters. The van der Waals surface area contributed by atoms with Crippen molar-refractivity contribution in [2.45, 2.75) is 0 Å². The number of nitrogens with zero attached hydrogens (tertiary/aromatic N) is 2. The quantitative estimate of drug-likeness (QED) is 0.519. The van der Waals surface area contributed by atoms with Crippen molar-refractivity contribution in [3.05, 3.63) is 48.3 Å². The number of aromatic nitrogens is 2. The van der Waals surface area contributed by atoms with E-state index in [1.54, 1.807) is 6.07 Å². The molecule has 0 aliphatic heterocycles. The van der Waals surface area contributed by atoms with Gasteiger partial charge >= 0.3 is 0 Å². The number of hydrogen-bond donors (Lipinski definition) is 0. The lowest BCUT2D eigenvalue weighted by atomic mass is 10.2. The van der Waals surface area contributed by atoms with Crippen molar-refractivity contribution in [1.29, 1.82) is 0 Å². The highest BCUT2D eigenvalue weighted by Gasteiger charge is 2.01. The summed E-state index contributed by atoms with van der Waals surface area (Å²) < 4.78 is 13.0. The van der Waals surface area contributed by atoms with Gasteiger partial charge in [0, 0.05) is 6.07 Å². The normalized spacial score (nSPS) is 11.0. The van der Waals surface area contributed by atoms with E-state index in [4.69, 9.17) is 0 Å². The molecule has 0 aliphatic rings. The summed E-state index contributed by atoms with van der Waals surface area (Å²) >= 11 is 0. The molecule has 1 aromatic heterocycles. The van der Waals surface area contributed by atoms with E-state index in [1.165, 1.54) is 12.1 Å². The number of rotatable bonds is 0. The van der Waals surface area contributed by atoms with Crippen LogP contribution in [0.25, 0.3) is 22.1 Å². The maximum atomic E-state index is 13.0. The average Bonchev–Trinajstić information content (AvgIpc) is 2.26. The van der Waals surface area contributed by atoms with Gasteiger partial charge in [-0.05, 0) is 24.3 Å². The zero-order valence-electron chi connectivity index (χ0n) is 7.81. The highest BCUT2D eigenvalue weighted by atomic mass is 19.1. The van der Waals surface area contributed by atoms with E-state index in [0.29, 0.717) is 5.52 Å². The maximum absolute atomic E-state index is 13.0. The molecule has 0 atom stereocenters. The molecule has 3 rings (SSSR count). The van der Waals surface area contributed by atoms with Gasteiger partial charge in [0.2, 0.25) is 0 Å². The first-order valence-corrected chi connectivity index (χ1v) is 4.65. The highest BCUT2D eigenvalue weighted by Crippen LogP contribution is 2.16. The number of para-hydroxylation sites is 2. The van der Waals surface area contributed by atoms with Gasteiger partial charge < -0.3 is 0 Å². The third kappa shape index (κ3) is 1.32. The van der Waals surface area contributed by atoms with E-state index in [2.05, 4.69) is 9.97 Å². The monoisotopic (exact) mass is 198 g/mol. The van der Waals surface area contributed by atoms with Gasteiger partial charge in [-0.25, -0.2) is 14.4 Å². The topological polar surface area (TPSA) is 25.8 Å². The van der Waals surface area contributed by atoms with Crippen molar-refractivity contribution in [2.75, 3.05) is 0 Å². The first-order valence-electron chi connectivity index (χ1n) is 4.65. The van der Waals surface area contributed by atoms with E-state index in [-0.39, 0.29) is 5.82 Å². The molecule has 0 aliphatic carbocycles. The lowest BCUT2D eigenvalue weighted by Gasteiger charge is -1.99. The Balaban J connectivity index is 2.47. The third-order valence-corrected chi connectivity index (χ3v) is 2.30. The smallest absolute Gasteiger partial charge is 0.125 e. The van der Waals surface area contributed by atoms with Crippen LogP contribution in [0, 0.1) is 5.82 Å². The summed E-state index contributed by atoms with van der Waals surface area (Å²) in [4.78, 5) is 8.73. The van der Waals surface area contributed by atoms with Crippen LogP contribution in [0.3, 0.4) is 0 Å². The first-order chi connectivity index (χ1) is 7.33. The number of fused-ring (bicyclic) bond motifs is 2. The molecular weight excluding hydrogens is 191 g/mol. The lowest BCUT2D eigenvalue weighted by molar-refractivity contribution is 0.629. The van der Waals surface area contributed by atoms with Crippen LogP contribution < -0.4 is 0 Å². The number of benzene rings is 2. The minimum atomic E-state index is -0.285. The summed E-state index contributed by atoms with van der Waals surface area (Å²) in [5.41, 5.74) is 2.93. The largest absolute Gasteiger partial charge is 0.245 e. The third-order valence-electron chi connectivity index (χ3n) is 2.30. The molecule has 0 N–H and O–H groups in total. The zero-order chi connectivity index (χ0) is 10.3. The van der Waals surface area contributed by atoms with Crippen molar-refractivity contribution >= 4 is 22.1 Å². The van der Waals surface area contributed by atoms with E-state index in [9.17, 15) is 4.39 Å². The molecular formula is C12H7FN2.